The van der Waals surface area contributed by atoms with Crippen LogP contribution in [0.15, 0.2) is 36.4 Å². The highest BCUT2D eigenvalue weighted by molar-refractivity contribution is 6.03. The number of carbonyl (C=O) groups excluding carboxylic acids is 2. The summed E-state index contributed by atoms with van der Waals surface area (Å²) in [5, 5.41) is 3.05. The standard InChI is InChI=1S/C23H31N3O4/c1-4-25(5-2)14-6-13-24-21(27)19-18-11-12-23(30-18)15-26(22(28)20(19)23)16-7-9-17(29-3)10-8-16/h7-12,18-20H,4-6,13-15H2,1-3H3,(H,24,27)/t18-,19+,20-,23-/m1/s1. The predicted molar refractivity (Wildman–Crippen MR) is 114 cm³/mol. The molecule has 1 aromatic rings. The number of amides is 2. The van der Waals surface area contributed by atoms with E-state index in [1.165, 1.54) is 0 Å². The number of methoxy groups -OCH3 is 1. The van der Waals surface area contributed by atoms with Crippen LogP contribution in [0.2, 0.25) is 0 Å². The Morgan fingerprint density at radius 3 is 2.70 bits per heavy atom. The van der Waals surface area contributed by atoms with Gasteiger partial charge in [0.1, 0.15) is 11.4 Å². The Morgan fingerprint density at radius 2 is 2.03 bits per heavy atom. The molecule has 0 aliphatic carbocycles. The van der Waals surface area contributed by atoms with Crippen LogP contribution in [0.25, 0.3) is 0 Å². The Kier molecular flexibility index (Phi) is 5.84. The summed E-state index contributed by atoms with van der Waals surface area (Å²) in [5.74, 6) is -0.338. The molecular formula is C23H31N3O4. The van der Waals surface area contributed by atoms with Crippen molar-refractivity contribution < 1.29 is 19.1 Å². The summed E-state index contributed by atoms with van der Waals surface area (Å²) in [6.45, 7) is 8.29. The molecule has 3 aliphatic heterocycles. The molecule has 2 amide bonds. The van der Waals surface area contributed by atoms with E-state index in [0.717, 1.165) is 37.5 Å². The van der Waals surface area contributed by atoms with Crippen molar-refractivity contribution in [1.82, 2.24) is 10.2 Å². The third-order valence-corrected chi connectivity index (χ3v) is 6.63. The molecule has 2 saturated heterocycles. The number of ether oxygens (including phenoxy) is 2. The number of rotatable bonds is 9. The van der Waals surface area contributed by atoms with E-state index in [1.807, 2.05) is 36.4 Å². The van der Waals surface area contributed by atoms with Crippen molar-refractivity contribution in [3.8, 4) is 5.75 Å². The van der Waals surface area contributed by atoms with E-state index in [2.05, 4.69) is 24.1 Å². The first-order valence-electron chi connectivity index (χ1n) is 10.9. The van der Waals surface area contributed by atoms with E-state index in [0.29, 0.717) is 13.1 Å². The highest BCUT2D eigenvalue weighted by atomic mass is 16.5. The van der Waals surface area contributed by atoms with Gasteiger partial charge in [0, 0.05) is 12.2 Å². The van der Waals surface area contributed by atoms with Gasteiger partial charge in [-0.2, -0.15) is 0 Å². The Bertz CT molecular complexity index is 820. The van der Waals surface area contributed by atoms with Crippen LogP contribution >= 0.6 is 0 Å². The minimum absolute atomic E-state index is 0.0460. The largest absolute Gasteiger partial charge is 0.497 e. The zero-order chi connectivity index (χ0) is 21.3. The first-order valence-corrected chi connectivity index (χ1v) is 10.9. The summed E-state index contributed by atoms with van der Waals surface area (Å²) >= 11 is 0. The van der Waals surface area contributed by atoms with Gasteiger partial charge in [-0.25, -0.2) is 0 Å². The maximum absolute atomic E-state index is 13.3. The summed E-state index contributed by atoms with van der Waals surface area (Å²) < 4.78 is 11.4. The highest BCUT2D eigenvalue weighted by Crippen LogP contribution is 2.52. The third kappa shape index (κ3) is 3.50. The Hall–Kier alpha value is -2.38. The van der Waals surface area contributed by atoms with Crippen molar-refractivity contribution >= 4 is 17.5 Å². The molecule has 1 N–H and O–H groups in total. The molecular weight excluding hydrogens is 382 g/mol. The fraction of sp³-hybridized carbons (Fsp3) is 0.565. The van der Waals surface area contributed by atoms with Crippen molar-refractivity contribution in [3.05, 3.63) is 36.4 Å². The molecule has 1 aromatic carbocycles. The smallest absolute Gasteiger partial charge is 0.234 e. The molecule has 3 heterocycles. The van der Waals surface area contributed by atoms with Crippen molar-refractivity contribution in [3.63, 3.8) is 0 Å². The van der Waals surface area contributed by atoms with Crippen LogP contribution in [-0.2, 0) is 14.3 Å². The second-order valence-electron chi connectivity index (χ2n) is 8.19. The Labute approximate surface area is 178 Å². The minimum atomic E-state index is -0.703. The van der Waals surface area contributed by atoms with Crippen LogP contribution in [0.4, 0.5) is 5.69 Å². The van der Waals surface area contributed by atoms with Gasteiger partial charge >= 0.3 is 0 Å². The maximum Gasteiger partial charge on any atom is 0.234 e. The van der Waals surface area contributed by atoms with Gasteiger partial charge in [0.15, 0.2) is 0 Å². The summed E-state index contributed by atoms with van der Waals surface area (Å²) in [6.07, 6.45) is 4.50. The van der Waals surface area contributed by atoms with Gasteiger partial charge in [-0.05, 0) is 50.3 Å². The van der Waals surface area contributed by atoms with Crippen LogP contribution in [0.1, 0.15) is 20.3 Å². The van der Waals surface area contributed by atoms with E-state index in [4.69, 9.17) is 9.47 Å². The molecule has 1 spiro atoms. The van der Waals surface area contributed by atoms with Gasteiger partial charge in [-0.3, -0.25) is 9.59 Å². The van der Waals surface area contributed by atoms with E-state index in [9.17, 15) is 9.59 Å². The quantitative estimate of drug-likeness (QED) is 0.494. The Balaban J connectivity index is 1.43. The average Bonchev–Trinajstić information content (AvgIpc) is 3.42. The lowest BCUT2D eigenvalue weighted by Crippen LogP contribution is -2.44. The number of nitrogens with one attached hydrogen (secondary N) is 1. The van der Waals surface area contributed by atoms with E-state index < -0.39 is 17.4 Å². The second kappa shape index (κ2) is 8.40. The van der Waals surface area contributed by atoms with Crippen molar-refractivity contribution in [2.24, 2.45) is 11.8 Å². The van der Waals surface area contributed by atoms with Crippen molar-refractivity contribution in [2.75, 3.05) is 44.7 Å². The van der Waals surface area contributed by atoms with Crippen LogP contribution in [0.3, 0.4) is 0 Å². The van der Waals surface area contributed by atoms with Crippen LogP contribution in [0, 0.1) is 11.8 Å². The van der Waals surface area contributed by atoms with Gasteiger partial charge in [0.25, 0.3) is 0 Å². The fourth-order valence-corrected chi connectivity index (χ4v) is 4.95. The molecule has 7 heteroatoms. The zero-order valence-corrected chi connectivity index (χ0v) is 18.0. The molecule has 2 bridgehead atoms. The number of carbonyl (C=O) groups is 2. The Morgan fingerprint density at radius 1 is 1.30 bits per heavy atom. The topological polar surface area (TPSA) is 71.1 Å². The normalized spacial score (nSPS) is 29.0. The van der Waals surface area contributed by atoms with Crippen LogP contribution < -0.4 is 15.0 Å². The van der Waals surface area contributed by atoms with Crippen molar-refractivity contribution in [1.29, 1.82) is 0 Å². The lowest BCUT2D eigenvalue weighted by Gasteiger charge is -2.24. The van der Waals surface area contributed by atoms with Gasteiger partial charge in [-0.15, -0.1) is 0 Å². The number of benzene rings is 1. The van der Waals surface area contributed by atoms with Gasteiger partial charge < -0.3 is 24.6 Å². The lowest BCUT2D eigenvalue weighted by molar-refractivity contribution is -0.131. The van der Waals surface area contributed by atoms with Crippen LogP contribution in [-0.4, -0.2) is 68.3 Å². The molecule has 30 heavy (non-hydrogen) atoms. The van der Waals surface area contributed by atoms with E-state index in [1.54, 1.807) is 12.0 Å². The molecule has 7 nitrogen and oxygen atoms in total. The first kappa shape index (κ1) is 20.9. The number of hydrogen-bond donors (Lipinski definition) is 1. The first-order chi connectivity index (χ1) is 14.5. The summed E-state index contributed by atoms with van der Waals surface area (Å²) in [7, 11) is 1.61. The number of anilines is 1. The van der Waals surface area contributed by atoms with E-state index in [-0.39, 0.29) is 17.9 Å². The highest BCUT2D eigenvalue weighted by Gasteiger charge is 2.67. The summed E-state index contributed by atoms with van der Waals surface area (Å²) in [4.78, 5) is 30.4. The van der Waals surface area contributed by atoms with Gasteiger partial charge in [0.05, 0.1) is 31.6 Å². The molecule has 4 rings (SSSR count). The SMILES string of the molecule is CCN(CC)CCCNC(=O)[C@H]1[C@H]2C=C[C@]3(CN(c4ccc(OC)cc4)C(=O)[C@@H]13)O2. The molecule has 3 aliphatic rings. The second-order valence-corrected chi connectivity index (χ2v) is 8.19. The monoisotopic (exact) mass is 413 g/mol. The zero-order valence-electron chi connectivity index (χ0n) is 18.0. The maximum atomic E-state index is 13.3. The van der Waals surface area contributed by atoms with Gasteiger partial charge in [-0.1, -0.05) is 26.0 Å². The van der Waals surface area contributed by atoms with Gasteiger partial charge in [0.2, 0.25) is 11.8 Å². The molecule has 0 saturated carbocycles. The number of hydrogen-bond acceptors (Lipinski definition) is 5. The molecule has 2 fully saturated rings. The number of fused-ring (bicyclic) bond motifs is 1. The summed E-state index contributed by atoms with van der Waals surface area (Å²) in [5.41, 5.74) is 0.0914. The average molecular weight is 414 g/mol. The molecule has 0 unspecified atom stereocenters. The summed E-state index contributed by atoms with van der Waals surface area (Å²) in [6, 6.07) is 7.41. The molecule has 4 atom stereocenters. The third-order valence-electron chi connectivity index (χ3n) is 6.63. The van der Waals surface area contributed by atoms with E-state index >= 15 is 0 Å². The lowest BCUT2D eigenvalue weighted by atomic mass is 9.77. The van der Waals surface area contributed by atoms with Crippen LogP contribution in [0.5, 0.6) is 5.75 Å². The minimum Gasteiger partial charge on any atom is -0.497 e. The molecule has 0 radical (unpaired) electrons. The molecule has 0 aromatic heterocycles. The number of nitrogens with zero attached hydrogens (tertiary/aromatic N) is 2. The van der Waals surface area contributed by atoms with Crippen molar-refractivity contribution in [2.45, 2.75) is 32.0 Å². The fourth-order valence-electron chi connectivity index (χ4n) is 4.95. The predicted octanol–water partition coefficient (Wildman–Crippen LogP) is 1.83. The molecule has 162 valence electrons.